The van der Waals surface area contributed by atoms with Gasteiger partial charge < -0.3 is 29.2 Å². The normalized spacial score (nSPS) is 12.4. The highest BCUT2D eigenvalue weighted by Gasteiger charge is 2.29. The lowest BCUT2D eigenvalue weighted by molar-refractivity contribution is -0.151. The molecule has 8 rings (SSSR count). The minimum Gasteiger partial charge on any atom is -0.505 e. The van der Waals surface area contributed by atoms with Crippen LogP contribution in [-0.2, 0) is 43.3 Å². The van der Waals surface area contributed by atoms with Gasteiger partial charge in [-0.3, -0.25) is 4.18 Å². The molecule has 366 valence electrons. The maximum absolute atomic E-state index is 14.2. The molecule has 0 saturated heterocycles. The number of phenolic OH excluding ortho intramolecular Hbond substituents is 1. The molecule has 3 aromatic heterocycles. The first-order valence-corrected chi connectivity index (χ1v) is 25.1. The van der Waals surface area contributed by atoms with Gasteiger partial charge in [0, 0.05) is 23.1 Å². The second-order valence-electron chi connectivity index (χ2n) is 16.1. The van der Waals surface area contributed by atoms with Gasteiger partial charge in [-0.2, -0.15) is 8.42 Å². The molecule has 0 saturated carbocycles. The number of aryl methyl sites for hydroxylation is 2. The number of halogens is 3. The number of para-hydroxylation sites is 1. The summed E-state index contributed by atoms with van der Waals surface area (Å²) in [5, 5.41) is 21.8. The van der Waals surface area contributed by atoms with Crippen LogP contribution in [0.3, 0.4) is 0 Å². The largest absolute Gasteiger partial charge is 0.505 e. The van der Waals surface area contributed by atoms with Crippen molar-refractivity contribution in [2.24, 2.45) is 0 Å². The fourth-order valence-corrected chi connectivity index (χ4v) is 10.2. The van der Waals surface area contributed by atoms with Crippen LogP contribution in [0.1, 0.15) is 35.7 Å². The summed E-state index contributed by atoms with van der Waals surface area (Å²) in [4.78, 5) is 33.4. The highest BCUT2D eigenvalue weighted by Crippen LogP contribution is 2.49. The SMILES string of the molecule is CCOC(=O)[C@@H](Cc1cc(CC[C@H](O)COS(=O)(=O)c2ccc(C)cc2)ccc1OCc1ccnc(-c2ccccc2OC)n1)Oc1ncnc2sc(-c3ccc(F)cc3)c(-c3cc(Cl)c(O)c(Cl)c3)c12. The Labute approximate surface area is 422 Å². The van der Waals surface area contributed by atoms with Crippen molar-refractivity contribution in [3.8, 4) is 56.1 Å². The van der Waals surface area contributed by atoms with E-state index in [1.165, 1.54) is 54.1 Å². The van der Waals surface area contributed by atoms with Crippen molar-refractivity contribution in [1.82, 2.24) is 19.9 Å². The van der Waals surface area contributed by atoms with E-state index in [0.717, 1.165) is 5.56 Å². The van der Waals surface area contributed by atoms with Gasteiger partial charge in [0.2, 0.25) is 12.0 Å². The summed E-state index contributed by atoms with van der Waals surface area (Å²) in [6.45, 7) is 3.04. The number of thiophene rings is 1. The smallest absolute Gasteiger partial charge is 0.347 e. The fourth-order valence-electron chi connectivity index (χ4n) is 7.56. The molecule has 0 amide bonds. The number of nitrogens with zero attached hydrogens (tertiary/aromatic N) is 4. The summed E-state index contributed by atoms with van der Waals surface area (Å²) >= 11 is 14.2. The highest BCUT2D eigenvalue weighted by atomic mass is 35.5. The number of ether oxygens (including phenoxy) is 4. The highest BCUT2D eigenvalue weighted by molar-refractivity contribution is 7.86. The van der Waals surface area contributed by atoms with Crippen LogP contribution in [0.2, 0.25) is 10.0 Å². The van der Waals surface area contributed by atoms with Gasteiger partial charge >= 0.3 is 5.97 Å². The van der Waals surface area contributed by atoms with E-state index in [4.69, 9.17) is 51.3 Å². The van der Waals surface area contributed by atoms with Crippen LogP contribution in [0.25, 0.3) is 43.2 Å². The van der Waals surface area contributed by atoms with Crippen molar-refractivity contribution in [3.05, 3.63) is 160 Å². The van der Waals surface area contributed by atoms with Crippen molar-refractivity contribution in [1.29, 1.82) is 0 Å². The Morgan fingerprint density at radius 3 is 2.37 bits per heavy atom. The molecular weight excluding hydrogens is 995 g/mol. The minimum absolute atomic E-state index is 0.000162. The second kappa shape index (κ2) is 22.6. The number of carbonyl (C=O) groups excluding carboxylic acids is 1. The van der Waals surface area contributed by atoms with E-state index in [9.17, 15) is 27.8 Å². The number of rotatable bonds is 20. The molecule has 3 heterocycles. The molecule has 19 heteroatoms. The average Bonchev–Trinajstić information content (AvgIpc) is 3.77. The number of fused-ring (bicyclic) bond motifs is 1. The van der Waals surface area contributed by atoms with Crippen LogP contribution in [0.4, 0.5) is 4.39 Å². The number of aromatic hydroxyl groups is 1. The average molecular weight is 1040 g/mol. The van der Waals surface area contributed by atoms with Crippen LogP contribution < -0.4 is 14.2 Å². The van der Waals surface area contributed by atoms with E-state index in [-0.39, 0.29) is 59.0 Å². The third-order valence-electron chi connectivity index (χ3n) is 11.1. The summed E-state index contributed by atoms with van der Waals surface area (Å²) in [5.41, 5.74) is 4.91. The Bertz CT molecular complexity index is 3290. The summed E-state index contributed by atoms with van der Waals surface area (Å²) in [6.07, 6.45) is 0.686. The molecule has 71 heavy (non-hydrogen) atoms. The van der Waals surface area contributed by atoms with E-state index >= 15 is 0 Å². The molecule has 0 aliphatic rings. The van der Waals surface area contributed by atoms with Gasteiger partial charge in [-0.1, -0.05) is 77.3 Å². The van der Waals surface area contributed by atoms with Gasteiger partial charge in [0.15, 0.2) is 11.6 Å². The maximum atomic E-state index is 14.2. The standard InChI is InChI=1S/C52H45Cl2FN4O10S2/c1-4-66-52(62)44(69-50-46-45(34-24-40(53)47(61)41(54)25-34)48(70-51(46)58-29-57-50)32-13-15-35(55)16-14-32)26-33-23-31(11-17-37(60)28-68-71(63,64)38-18-9-30(2)10-19-38)12-20-42(33)67-27-36-21-22-56-49(59-36)39-7-5-6-8-43(39)65-3/h5-10,12-16,18-25,29,37,44,60-61H,4,11,17,26-28H2,1-3H3/t37-,44+/m0/s1. The number of aromatic nitrogens is 4. The number of aliphatic hydroxyl groups is 1. The Morgan fingerprint density at radius 2 is 1.63 bits per heavy atom. The van der Waals surface area contributed by atoms with Gasteiger partial charge in [-0.05, 0) is 110 Å². The first-order valence-electron chi connectivity index (χ1n) is 22.1. The zero-order chi connectivity index (χ0) is 50.2. The lowest BCUT2D eigenvalue weighted by Gasteiger charge is -2.20. The molecule has 0 aliphatic carbocycles. The zero-order valence-corrected chi connectivity index (χ0v) is 41.5. The molecule has 0 bridgehead atoms. The lowest BCUT2D eigenvalue weighted by atomic mass is 9.99. The van der Waals surface area contributed by atoms with E-state index < -0.39 is 40.7 Å². The molecule has 5 aromatic carbocycles. The second-order valence-corrected chi connectivity index (χ2v) is 19.5. The summed E-state index contributed by atoms with van der Waals surface area (Å²) in [5.74, 6) is -0.0936. The van der Waals surface area contributed by atoms with E-state index in [2.05, 4.69) is 15.0 Å². The van der Waals surface area contributed by atoms with E-state index in [1.807, 2.05) is 31.2 Å². The van der Waals surface area contributed by atoms with Crippen molar-refractivity contribution >= 4 is 60.8 Å². The molecule has 0 spiro atoms. The van der Waals surface area contributed by atoms with Gasteiger partial charge in [-0.25, -0.2) is 29.1 Å². The Hall–Kier alpha value is -6.73. The monoisotopic (exact) mass is 1040 g/mol. The zero-order valence-electron chi connectivity index (χ0n) is 38.3. The predicted molar refractivity (Wildman–Crippen MR) is 268 cm³/mol. The number of aliphatic hydroxyl groups excluding tert-OH is 1. The molecule has 0 unspecified atom stereocenters. The van der Waals surface area contributed by atoms with Crippen LogP contribution in [0.15, 0.2) is 127 Å². The third-order valence-corrected chi connectivity index (χ3v) is 14.1. The van der Waals surface area contributed by atoms with Crippen LogP contribution in [0.5, 0.6) is 23.1 Å². The molecule has 0 aliphatic heterocycles. The molecule has 0 fully saturated rings. The van der Waals surface area contributed by atoms with Crippen molar-refractivity contribution in [2.45, 2.75) is 56.8 Å². The van der Waals surface area contributed by atoms with Crippen LogP contribution >= 0.6 is 34.5 Å². The van der Waals surface area contributed by atoms with Crippen LogP contribution in [-0.4, -0.2) is 77.1 Å². The molecule has 8 aromatic rings. The Kier molecular flexibility index (Phi) is 16.1. The lowest BCUT2D eigenvalue weighted by Crippen LogP contribution is -2.32. The van der Waals surface area contributed by atoms with Gasteiger partial charge in [-0.15, -0.1) is 11.3 Å². The molecule has 2 N–H and O–H groups in total. The van der Waals surface area contributed by atoms with Gasteiger partial charge in [0.1, 0.15) is 35.1 Å². The molecular formula is C52H45Cl2FN4O10S2. The minimum atomic E-state index is -4.12. The number of benzene rings is 5. The number of phenols is 1. The van der Waals surface area contributed by atoms with Crippen molar-refractivity contribution < 1.29 is 50.9 Å². The number of esters is 1. The Morgan fingerprint density at radius 1 is 0.887 bits per heavy atom. The predicted octanol–water partition coefficient (Wildman–Crippen LogP) is 10.8. The van der Waals surface area contributed by atoms with Crippen LogP contribution in [0, 0.1) is 12.7 Å². The molecule has 2 atom stereocenters. The topological polar surface area (TPSA) is 189 Å². The number of hydrogen-bond donors (Lipinski definition) is 2. The van der Waals surface area contributed by atoms with E-state index in [0.29, 0.717) is 71.5 Å². The third kappa shape index (κ3) is 12.1. The first-order chi connectivity index (χ1) is 34.2. The van der Waals surface area contributed by atoms with Crippen molar-refractivity contribution in [2.75, 3.05) is 20.3 Å². The number of hydrogen-bond acceptors (Lipinski definition) is 15. The first kappa shape index (κ1) is 50.7. The maximum Gasteiger partial charge on any atom is 0.347 e. The summed E-state index contributed by atoms with van der Waals surface area (Å²) in [7, 11) is -2.55. The number of methoxy groups -OCH3 is 1. The van der Waals surface area contributed by atoms with E-state index in [1.54, 1.807) is 68.8 Å². The van der Waals surface area contributed by atoms with Gasteiger partial charge in [0.05, 0.1) is 58.0 Å². The molecule has 14 nitrogen and oxygen atoms in total. The quantitative estimate of drug-likeness (QED) is 0.0542. The Balaban J connectivity index is 1.14. The summed E-state index contributed by atoms with van der Waals surface area (Å²) < 4.78 is 69.3. The van der Waals surface area contributed by atoms with Crippen molar-refractivity contribution in [3.63, 3.8) is 0 Å². The fraction of sp³-hybridized carbons (Fsp3) is 0.212. The number of carbonyl (C=O) groups is 1. The molecule has 0 radical (unpaired) electrons. The summed E-state index contributed by atoms with van der Waals surface area (Å²) in [6, 6.07) is 29.5. The van der Waals surface area contributed by atoms with Gasteiger partial charge in [0.25, 0.3) is 10.1 Å².